The molecule has 0 atom stereocenters. The number of phenols is 1. The first kappa shape index (κ1) is 12.9. The van der Waals surface area contributed by atoms with E-state index in [1.807, 2.05) is 48.5 Å². The van der Waals surface area contributed by atoms with Gasteiger partial charge in [0.1, 0.15) is 5.75 Å². The van der Waals surface area contributed by atoms with Gasteiger partial charge in [-0.05, 0) is 23.3 Å². The molecule has 0 aromatic heterocycles. The molecule has 0 aliphatic rings. The molecule has 0 aliphatic heterocycles. The highest BCUT2D eigenvalue weighted by atomic mass is 79.9. The molecule has 1 nitrogen and oxygen atoms in total. The molecule has 0 saturated heterocycles. The summed E-state index contributed by atoms with van der Waals surface area (Å²) in [7, 11) is 0. The minimum Gasteiger partial charge on any atom is -0.507 e. The molecule has 0 aliphatic carbocycles. The van der Waals surface area contributed by atoms with Crippen LogP contribution in [0, 0.1) is 0 Å². The molecule has 0 bridgehead atoms. The first-order valence-electron chi connectivity index (χ1n) is 6.39. The lowest BCUT2D eigenvalue weighted by molar-refractivity contribution is 0.477. The van der Waals surface area contributed by atoms with Gasteiger partial charge in [0.15, 0.2) is 0 Å². The van der Waals surface area contributed by atoms with Crippen molar-refractivity contribution in [3.8, 4) is 28.0 Å². The van der Waals surface area contributed by atoms with Crippen LogP contribution in [0.3, 0.4) is 0 Å². The predicted octanol–water partition coefficient (Wildman–Crippen LogP) is 5.49. The Morgan fingerprint density at radius 1 is 0.650 bits per heavy atom. The third-order valence-electron chi connectivity index (χ3n) is 3.27. The van der Waals surface area contributed by atoms with Gasteiger partial charge in [-0.3, -0.25) is 0 Å². The normalized spacial score (nSPS) is 10.4. The summed E-state index contributed by atoms with van der Waals surface area (Å²) in [5.74, 6) is 0.289. The fourth-order valence-electron chi connectivity index (χ4n) is 2.34. The van der Waals surface area contributed by atoms with Gasteiger partial charge in [0.05, 0.1) is 0 Å². The van der Waals surface area contributed by atoms with E-state index in [0.717, 1.165) is 26.7 Å². The largest absolute Gasteiger partial charge is 0.507 e. The smallest absolute Gasteiger partial charge is 0.123 e. The standard InChI is InChI=1S/C18H13BrO/c19-16-11-6-10-14(13-7-2-1-3-8-13)18(16)15-9-4-5-12-17(15)20/h1-12,20H. The van der Waals surface area contributed by atoms with E-state index in [0.29, 0.717) is 0 Å². The van der Waals surface area contributed by atoms with E-state index in [1.54, 1.807) is 6.07 Å². The van der Waals surface area contributed by atoms with Crippen molar-refractivity contribution in [1.29, 1.82) is 0 Å². The maximum Gasteiger partial charge on any atom is 0.123 e. The second kappa shape index (κ2) is 5.51. The van der Waals surface area contributed by atoms with E-state index < -0.39 is 0 Å². The number of phenolic OH excluding ortho intramolecular Hbond substituents is 1. The molecule has 0 heterocycles. The Balaban J connectivity index is 2.29. The van der Waals surface area contributed by atoms with Crippen LogP contribution in [0.4, 0.5) is 0 Å². The van der Waals surface area contributed by atoms with Crippen LogP contribution in [0.15, 0.2) is 77.3 Å². The number of benzene rings is 3. The van der Waals surface area contributed by atoms with Crippen LogP contribution in [0.25, 0.3) is 22.3 Å². The average molecular weight is 325 g/mol. The maximum absolute atomic E-state index is 10.1. The highest BCUT2D eigenvalue weighted by Gasteiger charge is 2.13. The molecule has 98 valence electrons. The molecule has 0 saturated carbocycles. The molecule has 3 rings (SSSR count). The minimum atomic E-state index is 0.289. The van der Waals surface area contributed by atoms with Crippen molar-refractivity contribution < 1.29 is 5.11 Å². The van der Waals surface area contributed by atoms with Gasteiger partial charge in [-0.15, -0.1) is 0 Å². The average Bonchev–Trinajstić information content (AvgIpc) is 2.49. The summed E-state index contributed by atoms with van der Waals surface area (Å²) in [6.45, 7) is 0. The SMILES string of the molecule is Oc1ccccc1-c1c(Br)cccc1-c1ccccc1. The third kappa shape index (κ3) is 2.35. The van der Waals surface area contributed by atoms with Gasteiger partial charge in [0.2, 0.25) is 0 Å². The van der Waals surface area contributed by atoms with Gasteiger partial charge in [0, 0.05) is 15.6 Å². The predicted molar refractivity (Wildman–Crippen MR) is 86.7 cm³/mol. The molecular formula is C18H13BrO. The zero-order valence-electron chi connectivity index (χ0n) is 10.8. The molecule has 3 aromatic rings. The van der Waals surface area contributed by atoms with E-state index >= 15 is 0 Å². The van der Waals surface area contributed by atoms with Crippen LogP contribution >= 0.6 is 15.9 Å². The molecule has 1 N–H and O–H groups in total. The van der Waals surface area contributed by atoms with Crippen LogP contribution in [0.1, 0.15) is 0 Å². The number of hydrogen-bond acceptors (Lipinski definition) is 1. The van der Waals surface area contributed by atoms with Gasteiger partial charge >= 0.3 is 0 Å². The van der Waals surface area contributed by atoms with Crippen LogP contribution in [-0.4, -0.2) is 5.11 Å². The molecule has 0 unspecified atom stereocenters. The van der Waals surface area contributed by atoms with Crippen molar-refractivity contribution in [3.05, 3.63) is 77.3 Å². The molecule has 20 heavy (non-hydrogen) atoms. The fourth-order valence-corrected chi connectivity index (χ4v) is 2.92. The Hall–Kier alpha value is -2.06. The van der Waals surface area contributed by atoms with Gasteiger partial charge in [-0.25, -0.2) is 0 Å². The third-order valence-corrected chi connectivity index (χ3v) is 3.93. The van der Waals surface area contributed by atoms with Gasteiger partial charge < -0.3 is 5.11 Å². The topological polar surface area (TPSA) is 20.2 Å². The van der Waals surface area contributed by atoms with Gasteiger partial charge in [-0.2, -0.15) is 0 Å². The van der Waals surface area contributed by atoms with E-state index in [9.17, 15) is 5.11 Å². The lowest BCUT2D eigenvalue weighted by Crippen LogP contribution is -1.87. The molecule has 2 heteroatoms. The van der Waals surface area contributed by atoms with Crippen molar-refractivity contribution in [2.45, 2.75) is 0 Å². The Kier molecular flexibility index (Phi) is 3.57. The first-order chi connectivity index (χ1) is 9.77. The Labute approximate surface area is 126 Å². The molecular weight excluding hydrogens is 312 g/mol. The Morgan fingerprint density at radius 2 is 1.30 bits per heavy atom. The highest BCUT2D eigenvalue weighted by Crippen LogP contribution is 2.41. The molecule has 3 aromatic carbocycles. The van der Waals surface area contributed by atoms with Gasteiger partial charge in [-0.1, -0.05) is 76.6 Å². The van der Waals surface area contributed by atoms with Crippen LogP contribution in [0.5, 0.6) is 5.75 Å². The van der Waals surface area contributed by atoms with Crippen molar-refractivity contribution >= 4 is 15.9 Å². The lowest BCUT2D eigenvalue weighted by Gasteiger charge is -2.13. The van der Waals surface area contributed by atoms with Crippen LogP contribution in [0.2, 0.25) is 0 Å². The number of rotatable bonds is 2. The lowest BCUT2D eigenvalue weighted by atomic mass is 9.94. The number of halogens is 1. The van der Waals surface area contributed by atoms with Crippen molar-refractivity contribution in [2.75, 3.05) is 0 Å². The summed E-state index contributed by atoms with van der Waals surface area (Å²) < 4.78 is 0.973. The van der Waals surface area contributed by atoms with Crippen LogP contribution in [-0.2, 0) is 0 Å². The van der Waals surface area contributed by atoms with Crippen LogP contribution < -0.4 is 0 Å². The zero-order chi connectivity index (χ0) is 13.9. The van der Waals surface area contributed by atoms with E-state index in [1.165, 1.54) is 0 Å². The molecule has 0 radical (unpaired) electrons. The summed E-state index contributed by atoms with van der Waals surface area (Å²) in [5.41, 5.74) is 4.07. The van der Waals surface area contributed by atoms with Gasteiger partial charge in [0.25, 0.3) is 0 Å². The fraction of sp³-hybridized carbons (Fsp3) is 0. The quantitative estimate of drug-likeness (QED) is 0.661. The number of para-hydroxylation sites is 1. The summed E-state index contributed by atoms with van der Waals surface area (Å²) >= 11 is 3.60. The van der Waals surface area contributed by atoms with Crippen molar-refractivity contribution in [3.63, 3.8) is 0 Å². The summed E-state index contributed by atoms with van der Waals surface area (Å²) in [6.07, 6.45) is 0. The maximum atomic E-state index is 10.1. The molecule has 0 amide bonds. The molecule has 0 spiro atoms. The number of hydrogen-bond donors (Lipinski definition) is 1. The number of aromatic hydroxyl groups is 1. The second-order valence-electron chi connectivity index (χ2n) is 4.55. The highest BCUT2D eigenvalue weighted by molar-refractivity contribution is 9.10. The Morgan fingerprint density at radius 3 is 2.05 bits per heavy atom. The zero-order valence-corrected chi connectivity index (χ0v) is 12.3. The summed E-state index contributed by atoms with van der Waals surface area (Å²) in [4.78, 5) is 0. The van der Waals surface area contributed by atoms with Crippen molar-refractivity contribution in [2.24, 2.45) is 0 Å². The Bertz CT molecular complexity index is 735. The van der Waals surface area contributed by atoms with E-state index in [-0.39, 0.29) is 5.75 Å². The van der Waals surface area contributed by atoms with E-state index in [4.69, 9.17) is 0 Å². The monoisotopic (exact) mass is 324 g/mol. The van der Waals surface area contributed by atoms with Crippen molar-refractivity contribution in [1.82, 2.24) is 0 Å². The first-order valence-corrected chi connectivity index (χ1v) is 7.19. The molecule has 0 fully saturated rings. The second-order valence-corrected chi connectivity index (χ2v) is 5.40. The summed E-state index contributed by atoms with van der Waals surface area (Å²) in [6, 6.07) is 23.7. The minimum absolute atomic E-state index is 0.289. The van der Waals surface area contributed by atoms with E-state index in [2.05, 4.69) is 34.1 Å². The summed E-state index contributed by atoms with van der Waals surface area (Å²) in [5, 5.41) is 10.1.